The quantitative estimate of drug-likeness (QED) is 0.491. The zero-order valence-corrected chi connectivity index (χ0v) is 11.2. The molecule has 6 heteroatoms. The summed E-state index contributed by atoms with van der Waals surface area (Å²) in [7, 11) is 0. The van der Waals surface area contributed by atoms with Crippen LogP contribution in [0.25, 0.3) is 0 Å². The van der Waals surface area contributed by atoms with E-state index >= 15 is 0 Å². The number of hydrazine groups is 1. The van der Waals surface area contributed by atoms with Gasteiger partial charge in [-0.05, 0) is 29.5 Å². The number of amides is 1. The van der Waals surface area contributed by atoms with Crippen molar-refractivity contribution in [3.63, 3.8) is 0 Å². The highest BCUT2D eigenvalue weighted by molar-refractivity contribution is 5.81. The molecule has 0 aliphatic carbocycles. The van der Waals surface area contributed by atoms with Gasteiger partial charge in [-0.1, -0.05) is 32.9 Å². The van der Waals surface area contributed by atoms with Crippen molar-refractivity contribution in [2.75, 3.05) is 0 Å². The number of carbonyl (C=O) groups excluding carboxylic acids is 1. The SMILES string of the molecule is CCC(C)(C)c1ccc(OC(F)(F)C(=O)NN)cc1. The average molecular weight is 272 g/mol. The molecule has 0 aromatic heterocycles. The minimum Gasteiger partial charge on any atom is -0.425 e. The lowest BCUT2D eigenvalue weighted by molar-refractivity contribution is -0.192. The van der Waals surface area contributed by atoms with E-state index in [0.29, 0.717) is 0 Å². The summed E-state index contributed by atoms with van der Waals surface area (Å²) in [6, 6.07) is 6.22. The maximum Gasteiger partial charge on any atom is 0.483 e. The molecule has 0 unspecified atom stereocenters. The maximum atomic E-state index is 13.2. The third kappa shape index (κ3) is 3.64. The fourth-order valence-electron chi connectivity index (χ4n) is 1.46. The zero-order chi connectivity index (χ0) is 14.7. The van der Waals surface area contributed by atoms with Crippen LogP contribution >= 0.6 is 0 Å². The van der Waals surface area contributed by atoms with Gasteiger partial charge in [-0.25, -0.2) is 5.84 Å². The molecule has 0 aliphatic rings. The highest BCUT2D eigenvalue weighted by atomic mass is 19.3. The molecule has 1 rings (SSSR count). The molecule has 0 spiro atoms. The Morgan fingerprint density at radius 2 is 1.84 bits per heavy atom. The molecule has 1 aromatic rings. The number of hydrogen-bond acceptors (Lipinski definition) is 3. The fourth-order valence-corrected chi connectivity index (χ4v) is 1.46. The number of nitrogens with one attached hydrogen (secondary N) is 1. The van der Waals surface area contributed by atoms with Gasteiger partial charge in [0.1, 0.15) is 5.75 Å². The molecule has 0 atom stereocenters. The summed E-state index contributed by atoms with van der Waals surface area (Å²) in [5, 5.41) is 0. The van der Waals surface area contributed by atoms with Crippen LogP contribution in [-0.2, 0) is 10.2 Å². The largest absolute Gasteiger partial charge is 0.483 e. The molecular formula is C13H18F2N2O2. The Kier molecular flexibility index (Phi) is 4.47. The smallest absolute Gasteiger partial charge is 0.425 e. The van der Waals surface area contributed by atoms with Crippen molar-refractivity contribution in [1.82, 2.24) is 5.43 Å². The monoisotopic (exact) mass is 272 g/mol. The lowest BCUT2D eigenvalue weighted by Crippen LogP contribution is -2.47. The predicted octanol–water partition coefficient (Wildman–Crippen LogP) is 2.34. The fraction of sp³-hybridized carbons (Fsp3) is 0.462. The van der Waals surface area contributed by atoms with Crippen molar-refractivity contribution >= 4 is 5.91 Å². The number of benzene rings is 1. The first kappa shape index (κ1) is 15.4. The van der Waals surface area contributed by atoms with Gasteiger partial charge in [0, 0.05) is 0 Å². The van der Waals surface area contributed by atoms with E-state index in [-0.39, 0.29) is 11.2 Å². The second kappa shape index (κ2) is 5.52. The molecular weight excluding hydrogens is 254 g/mol. The topological polar surface area (TPSA) is 64.3 Å². The van der Waals surface area contributed by atoms with Crippen LogP contribution in [0.1, 0.15) is 32.8 Å². The van der Waals surface area contributed by atoms with Crippen molar-refractivity contribution in [2.45, 2.75) is 38.7 Å². The standard InChI is InChI=1S/C13H18F2N2O2/c1-4-12(2,3)9-5-7-10(8-6-9)19-13(14,15)11(18)17-16/h5-8H,4,16H2,1-3H3,(H,17,18). The van der Waals surface area contributed by atoms with E-state index in [4.69, 9.17) is 0 Å². The number of nitrogens with two attached hydrogens (primary N) is 1. The molecule has 0 fully saturated rings. The van der Waals surface area contributed by atoms with Gasteiger partial charge in [-0.3, -0.25) is 10.2 Å². The molecule has 1 amide bonds. The third-order valence-corrected chi connectivity index (χ3v) is 3.16. The van der Waals surface area contributed by atoms with Crippen molar-refractivity contribution in [2.24, 2.45) is 5.84 Å². The van der Waals surface area contributed by atoms with Gasteiger partial charge in [0.2, 0.25) is 0 Å². The number of ether oxygens (including phenoxy) is 1. The molecule has 0 aliphatic heterocycles. The number of carbonyl (C=O) groups is 1. The second-order valence-electron chi connectivity index (χ2n) is 4.85. The molecule has 0 heterocycles. The van der Waals surface area contributed by atoms with Crippen LogP contribution in [0, 0.1) is 0 Å². The highest BCUT2D eigenvalue weighted by Crippen LogP contribution is 2.29. The van der Waals surface area contributed by atoms with Crippen LogP contribution < -0.4 is 16.0 Å². The minimum atomic E-state index is -3.99. The summed E-state index contributed by atoms with van der Waals surface area (Å²) >= 11 is 0. The van der Waals surface area contributed by atoms with Crippen LogP contribution in [0.5, 0.6) is 5.75 Å². The molecule has 3 N–H and O–H groups in total. The van der Waals surface area contributed by atoms with Crippen molar-refractivity contribution < 1.29 is 18.3 Å². The van der Waals surface area contributed by atoms with E-state index in [2.05, 4.69) is 24.4 Å². The van der Waals surface area contributed by atoms with Gasteiger partial charge in [0.05, 0.1) is 0 Å². The van der Waals surface area contributed by atoms with E-state index in [1.807, 2.05) is 6.92 Å². The van der Waals surface area contributed by atoms with E-state index in [9.17, 15) is 13.6 Å². The Bertz CT molecular complexity index is 444. The second-order valence-corrected chi connectivity index (χ2v) is 4.85. The summed E-state index contributed by atoms with van der Waals surface area (Å²) < 4.78 is 30.7. The number of alkyl halides is 2. The number of hydrogen-bond donors (Lipinski definition) is 2. The Hall–Kier alpha value is -1.69. The molecule has 0 saturated carbocycles. The lowest BCUT2D eigenvalue weighted by atomic mass is 9.82. The number of rotatable bonds is 5. The molecule has 0 bridgehead atoms. The van der Waals surface area contributed by atoms with Gasteiger partial charge < -0.3 is 4.74 Å². The summed E-state index contributed by atoms with van der Waals surface area (Å²) in [4.78, 5) is 10.8. The summed E-state index contributed by atoms with van der Waals surface area (Å²) in [5.41, 5.74) is 2.32. The van der Waals surface area contributed by atoms with Gasteiger partial charge in [-0.15, -0.1) is 0 Å². The number of halogens is 2. The minimum absolute atomic E-state index is 0.0460. The maximum absolute atomic E-state index is 13.2. The Labute approximate surface area is 110 Å². The molecule has 0 radical (unpaired) electrons. The van der Waals surface area contributed by atoms with Gasteiger partial charge in [0.15, 0.2) is 0 Å². The highest BCUT2D eigenvalue weighted by Gasteiger charge is 2.41. The van der Waals surface area contributed by atoms with E-state index in [0.717, 1.165) is 12.0 Å². The van der Waals surface area contributed by atoms with Crippen molar-refractivity contribution in [3.05, 3.63) is 29.8 Å². The van der Waals surface area contributed by atoms with Crippen LogP contribution in [0.15, 0.2) is 24.3 Å². The first-order valence-corrected chi connectivity index (χ1v) is 5.91. The predicted molar refractivity (Wildman–Crippen MR) is 67.7 cm³/mol. The molecule has 106 valence electrons. The van der Waals surface area contributed by atoms with E-state index < -0.39 is 12.0 Å². The first-order valence-electron chi connectivity index (χ1n) is 5.91. The van der Waals surface area contributed by atoms with Gasteiger partial charge in [-0.2, -0.15) is 8.78 Å². The Morgan fingerprint density at radius 3 is 2.26 bits per heavy atom. The normalized spacial score (nSPS) is 12.1. The molecule has 4 nitrogen and oxygen atoms in total. The van der Waals surface area contributed by atoms with Crippen LogP contribution in [-0.4, -0.2) is 12.0 Å². The Morgan fingerprint density at radius 1 is 1.32 bits per heavy atom. The summed E-state index contributed by atoms with van der Waals surface area (Å²) in [6.07, 6.45) is -3.07. The Balaban J connectivity index is 2.86. The molecule has 19 heavy (non-hydrogen) atoms. The lowest BCUT2D eigenvalue weighted by Gasteiger charge is -2.23. The summed E-state index contributed by atoms with van der Waals surface area (Å²) in [5.74, 6) is 2.87. The molecule has 1 aromatic carbocycles. The van der Waals surface area contributed by atoms with Gasteiger partial charge in [0.25, 0.3) is 0 Å². The first-order chi connectivity index (χ1) is 8.73. The van der Waals surface area contributed by atoms with E-state index in [1.165, 1.54) is 17.6 Å². The van der Waals surface area contributed by atoms with E-state index in [1.54, 1.807) is 12.1 Å². The average Bonchev–Trinajstić information content (AvgIpc) is 2.37. The van der Waals surface area contributed by atoms with Crippen LogP contribution in [0.2, 0.25) is 0 Å². The van der Waals surface area contributed by atoms with Crippen molar-refractivity contribution in [3.8, 4) is 5.75 Å². The van der Waals surface area contributed by atoms with Crippen molar-refractivity contribution in [1.29, 1.82) is 0 Å². The summed E-state index contributed by atoms with van der Waals surface area (Å²) in [6.45, 7) is 6.16. The van der Waals surface area contributed by atoms with Crippen LogP contribution in [0.3, 0.4) is 0 Å². The zero-order valence-electron chi connectivity index (χ0n) is 11.2. The van der Waals surface area contributed by atoms with Gasteiger partial charge >= 0.3 is 12.0 Å². The third-order valence-electron chi connectivity index (χ3n) is 3.16. The van der Waals surface area contributed by atoms with Crippen LogP contribution in [0.4, 0.5) is 8.78 Å². The molecule has 0 saturated heterocycles.